The predicted octanol–water partition coefficient (Wildman–Crippen LogP) is 10.5. The van der Waals surface area contributed by atoms with Gasteiger partial charge in [-0.2, -0.15) is 0 Å². The van der Waals surface area contributed by atoms with Gasteiger partial charge in [0.2, 0.25) is 0 Å². The molecule has 4 aromatic carbocycles. The normalized spacial score (nSPS) is 13.0. The van der Waals surface area contributed by atoms with Gasteiger partial charge < -0.3 is 15.1 Å². The number of fused-ring (bicyclic) bond motifs is 20. The monoisotopic (exact) mass is 726 g/mol. The van der Waals surface area contributed by atoms with Gasteiger partial charge in [-0.05, 0) is 51.1 Å². The second-order valence-electron chi connectivity index (χ2n) is 17.6. The zero-order valence-electron chi connectivity index (χ0n) is 32.5. The minimum Gasteiger partial charge on any atom is -0.478 e. The van der Waals surface area contributed by atoms with Crippen LogP contribution in [-0.4, -0.2) is 50.9 Å². The fourth-order valence-corrected chi connectivity index (χ4v) is 7.95. The summed E-state index contributed by atoms with van der Waals surface area (Å²) in [6, 6.07) is 23.7. The SMILES string of the molecule is CC(C)(C)c1cccc2c1-c1nc-2nc2[nH]c(nc3nc(nc4[nH]c(n1)c1c(C(C)(C)C)cccc41)-c1cc(C(=O)O)ccc1-3)c1cccc(C(C)(C)C)c21. The summed E-state index contributed by atoms with van der Waals surface area (Å²) in [5.41, 5.74) is 8.29. The number of hydrogen-bond donors (Lipinski definition) is 3. The topological polar surface area (TPSA) is 146 Å². The molecule has 3 N–H and O–H groups in total. The zero-order chi connectivity index (χ0) is 38.8. The Morgan fingerprint density at radius 2 is 0.945 bits per heavy atom. The second kappa shape index (κ2) is 11.6. The van der Waals surface area contributed by atoms with Crippen molar-refractivity contribution in [1.82, 2.24) is 39.9 Å². The second-order valence-corrected chi connectivity index (χ2v) is 17.6. The molecule has 0 atom stereocenters. The molecule has 0 amide bonds. The predicted molar refractivity (Wildman–Crippen MR) is 219 cm³/mol. The third kappa shape index (κ3) is 5.49. The summed E-state index contributed by atoms with van der Waals surface area (Å²) in [6.45, 7) is 19.7. The third-order valence-electron chi connectivity index (χ3n) is 10.6. The van der Waals surface area contributed by atoms with E-state index in [1.165, 1.54) is 0 Å². The quantitative estimate of drug-likeness (QED) is 0.151. The molecule has 0 aliphatic carbocycles. The van der Waals surface area contributed by atoms with Crippen LogP contribution in [0.3, 0.4) is 0 Å². The van der Waals surface area contributed by atoms with Crippen LogP contribution < -0.4 is 0 Å². The average molecular weight is 727 g/mol. The van der Waals surface area contributed by atoms with Crippen LogP contribution in [0.25, 0.3) is 89.7 Å². The number of hydrogen-bond acceptors (Lipinski definition) is 7. The number of carbonyl (C=O) groups is 1. The van der Waals surface area contributed by atoms with Crippen LogP contribution in [0.5, 0.6) is 0 Å². The van der Waals surface area contributed by atoms with Crippen molar-refractivity contribution in [2.75, 3.05) is 0 Å². The Hall–Kier alpha value is -6.29. The van der Waals surface area contributed by atoms with E-state index in [-0.39, 0.29) is 21.8 Å². The van der Waals surface area contributed by atoms with Gasteiger partial charge in [-0.15, -0.1) is 0 Å². The first-order chi connectivity index (χ1) is 26.0. The maximum Gasteiger partial charge on any atom is 0.335 e. The van der Waals surface area contributed by atoms with E-state index in [2.05, 4.69) is 103 Å². The number of H-pyrrole nitrogens is 2. The molecular formula is C45H42N8O2. The molecule has 0 spiro atoms. The van der Waals surface area contributed by atoms with Gasteiger partial charge in [0.1, 0.15) is 22.6 Å². The Balaban J connectivity index is 1.54. The van der Waals surface area contributed by atoms with Gasteiger partial charge in [-0.25, -0.2) is 34.7 Å². The largest absolute Gasteiger partial charge is 0.478 e. The Labute approximate surface area is 318 Å². The van der Waals surface area contributed by atoms with Crippen LogP contribution in [0, 0.1) is 0 Å². The van der Waals surface area contributed by atoms with Gasteiger partial charge in [-0.1, -0.05) is 117 Å². The highest BCUT2D eigenvalue weighted by molar-refractivity contribution is 6.09. The summed E-state index contributed by atoms with van der Waals surface area (Å²) in [7, 11) is 0. The number of nitrogens with zero attached hydrogens (tertiary/aromatic N) is 6. The Morgan fingerprint density at radius 3 is 1.49 bits per heavy atom. The molecule has 8 bridgehead atoms. The van der Waals surface area contributed by atoms with E-state index in [1.807, 2.05) is 24.3 Å². The van der Waals surface area contributed by atoms with E-state index < -0.39 is 5.97 Å². The molecular weight excluding hydrogens is 685 g/mol. The van der Waals surface area contributed by atoms with Crippen molar-refractivity contribution in [1.29, 1.82) is 0 Å². The van der Waals surface area contributed by atoms with Crippen LogP contribution in [0.1, 0.15) is 89.4 Å². The molecule has 0 saturated carbocycles. The lowest BCUT2D eigenvalue weighted by atomic mass is 9.82. The molecule has 0 unspecified atom stereocenters. The number of carboxylic acid groups (broad SMARTS) is 1. The summed E-state index contributed by atoms with van der Waals surface area (Å²) in [5, 5.41) is 13.6. The highest BCUT2D eigenvalue weighted by Crippen LogP contribution is 2.43. The van der Waals surface area contributed by atoms with E-state index in [0.717, 1.165) is 49.4 Å². The summed E-state index contributed by atoms with van der Waals surface area (Å²) in [5.74, 6) is 0.852. The minimum absolute atomic E-state index is 0.136. The lowest BCUT2D eigenvalue weighted by Gasteiger charge is -2.22. The standard InChI is InChI=1S/C45H42N8O2/c1-43(2,3)28-16-10-13-24-31(28)39-49-35(24)46-34-23-20-19-22(42(54)55)21-27(23)38(47-34)48-36-25-14-11-17-29(44(4,5)6)32(25)40(50-36)53-41-33-26(37(51-39)52-41)15-12-18-30(33)45(7,8)9/h10-21H,1-9H3,(H,54,55)(H2,46,47,48,49,50,51,52,53). The molecule has 3 aromatic heterocycles. The molecule has 7 aromatic rings. The number of rotatable bonds is 1. The Morgan fingerprint density at radius 1 is 0.491 bits per heavy atom. The van der Waals surface area contributed by atoms with Crippen molar-refractivity contribution in [3.8, 4) is 45.6 Å². The molecule has 0 saturated heterocycles. The minimum atomic E-state index is -1.04. The fourth-order valence-electron chi connectivity index (χ4n) is 7.95. The molecule has 2 aliphatic rings. The van der Waals surface area contributed by atoms with Crippen LogP contribution in [-0.2, 0) is 16.2 Å². The Kier molecular flexibility index (Phi) is 7.27. The number of aromatic carboxylic acids is 1. The summed E-state index contributed by atoms with van der Waals surface area (Å²) >= 11 is 0. The third-order valence-corrected chi connectivity index (χ3v) is 10.6. The van der Waals surface area contributed by atoms with E-state index in [4.69, 9.17) is 29.9 Å². The zero-order valence-corrected chi connectivity index (χ0v) is 32.5. The maximum absolute atomic E-state index is 12.2. The summed E-state index contributed by atoms with van der Waals surface area (Å²) < 4.78 is 0. The first-order valence-electron chi connectivity index (χ1n) is 18.6. The molecule has 2 aliphatic heterocycles. The van der Waals surface area contributed by atoms with Gasteiger partial charge in [0.25, 0.3) is 0 Å². The maximum atomic E-state index is 12.2. The van der Waals surface area contributed by atoms with Crippen molar-refractivity contribution in [3.05, 3.63) is 95.1 Å². The highest BCUT2D eigenvalue weighted by atomic mass is 16.4. The number of nitrogens with one attached hydrogen (secondary N) is 2. The lowest BCUT2D eigenvalue weighted by molar-refractivity contribution is 0.0697. The van der Waals surface area contributed by atoms with Crippen molar-refractivity contribution in [3.63, 3.8) is 0 Å². The van der Waals surface area contributed by atoms with Crippen molar-refractivity contribution < 1.29 is 9.90 Å². The molecule has 9 rings (SSSR count). The molecule has 10 nitrogen and oxygen atoms in total. The van der Waals surface area contributed by atoms with Crippen LogP contribution >= 0.6 is 0 Å². The lowest BCUT2D eigenvalue weighted by Crippen LogP contribution is -2.13. The van der Waals surface area contributed by atoms with Crippen LogP contribution in [0.4, 0.5) is 0 Å². The summed E-state index contributed by atoms with van der Waals surface area (Å²) in [4.78, 5) is 50.6. The van der Waals surface area contributed by atoms with Crippen LogP contribution in [0.15, 0.2) is 72.8 Å². The number of aromatic nitrogens is 8. The van der Waals surface area contributed by atoms with Gasteiger partial charge in [0.15, 0.2) is 23.3 Å². The van der Waals surface area contributed by atoms with Crippen molar-refractivity contribution >= 4 is 50.1 Å². The molecule has 0 fully saturated rings. The van der Waals surface area contributed by atoms with Crippen molar-refractivity contribution in [2.45, 2.75) is 78.6 Å². The number of benzene rings is 4. The van der Waals surface area contributed by atoms with E-state index >= 15 is 0 Å². The highest BCUT2D eigenvalue weighted by Gasteiger charge is 2.30. The first-order valence-corrected chi connectivity index (χ1v) is 18.6. The number of aromatic amines is 2. The molecule has 55 heavy (non-hydrogen) atoms. The Bertz CT molecular complexity index is 2970. The van der Waals surface area contributed by atoms with Crippen LogP contribution in [0.2, 0.25) is 0 Å². The molecule has 0 radical (unpaired) electrons. The molecule has 10 heteroatoms. The van der Waals surface area contributed by atoms with E-state index in [0.29, 0.717) is 57.0 Å². The van der Waals surface area contributed by atoms with Gasteiger partial charge in [0, 0.05) is 43.8 Å². The van der Waals surface area contributed by atoms with Gasteiger partial charge >= 0.3 is 5.97 Å². The first kappa shape index (κ1) is 34.5. The van der Waals surface area contributed by atoms with E-state index in [9.17, 15) is 9.90 Å². The van der Waals surface area contributed by atoms with Gasteiger partial charge in [-0.3, -0.25) is 0 Å². The molecule has 274 valence electrons. The smallest absolute Gasteiger partial charge is 0.335 e. The fraction of sp³-hybridized carbons (Fsp3) is 0.267. The van der Waals surface area contributed by atoms with Gasteiger partial charge in [0.05, 0.1) is 5.56 Å². The number of carboxylic acids is 1. The summed E-state index contributed by atoms with van der Waals surface area (Å²) in [6.07, 6.45) is 0. The average Bonchev–Trinajstić information content (AvgIpc) is 3.85. The van der Waals surface area contributed by atoms with Crippen molar-refractivity contribution in [2.24, 2.45) is 0 Å². The van der Waals surface area contributed by atoms with E-state index in [1.54, 1.807) is 18.2 Å². The molecule has 5 heterocycles.